The first-order chi connectivity index (χ1) is 20.0. The second kappa shape index (κ2) is 15.6. The van der Waals surface area contributed by atoms with Gasteiger partial charge in [0, 0.05) is 30.3 Å². The van der Waals surface area contributed by atoms with Crippen molar-refractivity contribution in [3.63, 3.8) is 0 Å². The van der Waals surface area contributed by atoms with E-state index in [1.807, 2.05) is 0 Å². The highest BCUT2D eigenvalue weighted by atomic mass is 35.5. The van der Waals surface area contributed by atoms with Gasteiger partial charge in [0.25, 0.3) is 0 Å². The molecule has 0 aliphatic heterocycles. The van der Waals surface area contributed by atoms with Crippen molar-refractivity contribution >= 4 is 46.7 Å². The fraction of sp³-hybridized carbons (Fsp3) is 0.419. The van der Waals surface area contributed by atoms with E-state index in [0.717, 1.165) is 25.7 Å². The van der Waals surface area contributed by atoms with Gasteiger partial charge < -0.3 is 23.8 Å². The molecule has 2 aromatic rings. The van der Waals surface area contributed by atoms with Crippen LogP contribution in [0.2, 0.25) is 10.0 Å². The van der Waals surface area contributed by atoms with Crippen LogP contribution in [0.4, 0.5) is 0 Å². The monoisotopic (exact) mass is 619 g/mol. The van der Waals surface area contributed by atoms with Crippen LogP contribution in [-0.2, 0) is 19.1 Å². The summed E-state index contributed by atoms with van der Waals surface area (Å²) < 4.78 is 21.1. The van der Waals surface area contributed by atoms with Gasteiger partial charge in [-0.2, -0.15) is 0 Å². The van der Waals surface area contributed by atoms with Crippen molar-refractivity contribution in [2.45, 2.75) is 58.2 Å². The van der Waals surface area contributed by atoms with E-state index in [1.165, 1.54) is 18.3 Å². The molecule has 2 aromatic carbocycles. The maximum absolute atomic E-state index is 12.8. The number of carbonyl (C=O) groups is 4. The molecule has 42 heavy (non-hydrogen) atoms. The van der Waals surface area contributed by atoms with E-state index in [1.54, 1.807) is 57.1 Å². The topological polar surface area (TPSA) is 108 Å². The number of ketones is 2. The highest BCUT2D eigenvalue weighted by Gasteiger charge is 2.29. The molecule has 11 heteroatoms. The summed E-state index contributed by atoms with van der Waals surface area (Å²) in [6.45, 7) is 3.84. The van der Waals surface area contributed by atoms with Gasteiger partial charge in [0.05, 0.1) is 36.5 Å². The number of halogens is 2. The average molecular weight is 621 g/mol. The lowest BCUT2D eigenvalue weighted by atomic mass is 10.0. The molecule has 0 spiro atoms. The quantitative estimate of drug-likeness (QED) is 0.0864. The SMILES string of the molecule is CCOC(=O)C(=CN(C)C)C(=O)c1cc(Cl)ccc1OC1CC1.CCOC(=O)CC(=O)c1cc(Cl)ccc1OC1CC1. The summed E-state index contributed by atoms with van der Waals surface area (Å²) in [4.78, 5) is 50.0. The van der Waals surface area contributed by atoms with Crippen LogP contribution in [0, 0.1) is 0 Å². The molecule has 0 amide bonds. The highest BCUT2D eigenvalue weighted by Crippen LogP contribution is 2.33. The van der Waals surface area contributed by atoms with E-state index < -0.39 is 17.7 Å². The van der Waals surface area contributed by atoms with Crippen molar-refractivity contribution in [2.24, 2.45) is 0 Å². The van der Waals surface area contributed by atoms with Crippen LogP contribution >= 0.6 is 23.2 Å². The minimum atomic E-state index is -0.663. The van der Waals surface area contributed by atoms with Crippen molar-refractivity contribution in [2.75, 3.05) is 27.3 Å². The van der Waals surface area contributed by atoms with Crippen molar-refractivity contribution in [1.29, 1.82) is 0 Å². The van der Waals surface area contributed by atoms with Crippen LogP contribution in [0.1, 0.15) is 66.7 Å². The van der Waals surface area contributed by atoms with Crippen LogP contribution in [0.15, 0.2) is 48.2 Å². The Kier molecular flexibility index (Phi) is 12.2. The Morgan fingerprint density at radius 3 is 1.79 bits per heavy atom. The molecule has 0 unspecified atom stereocenters. The Hall–Kier alpha value is -3.56. The molecule has 0 aromatic heterocycles. The molecular weight excluding hydrogens is 585 g/mol. The second-order valence-electron chi connectivity index (χ2n) is 9.88. The maximum Gasteiger partial charge on any atom is 0.343 e. The molecule has 2 aliphatic carbocycles. The summed E-state index contributed by atoms with van der Waals surface area (Å²) >= 11 is 11.9. The highest BCUT2D eigenvalue weighted by molar-refractivity contribution is 6.32. The second-order valence-corrected chi connectivity index (χ2v) is 10.7. The molecular formula is C31H35Cl2NO8. The zero-order valence-corrected chi connectivity index (χ0v) is 25.6. The molecule has 2 saturated carbocycles. The fourth-order valence-corrected chi connectivity index (χ4v) is 3.93. The van der Waals surface area contributed by atoms with Gasteiger partial charge >= 0.3 is 11.9 Å². The summed E-state index contributed by atoms with van der Waals surface area (Å²) in [5.74, 6) is -1.07. The molecule has 2 aliphatic rings. The third-order valence-electron chi connectivity index (χ3n) is 5.80. The van der Waals surface area contributed by atoms with Gasteiger partial charge in [-0.05, 0) is 75.9 Å². The number of nitrogens with zero attached hydrogens (tertiary/aromatic N) is 1. The maximum atomic E-state index is 12.8. The first kappa shape index (κ1) is 32.9. The Morgan fingerprint density at radius 1 is 0.810 bits per heavy atom. The Morgan fingerprint density at radius 2 is 1.31 bits per heavy atom. The van der Waals surface area contributed by atoms with Gasteiger partial charge in [-0.3, -0.25) is 14.4 Å². The average Bonchev–Trinajstić information content (AvgIpc) is 3.87. The normalized spacial score (nSPS) is 14.2. The number of ether oxygens (including phenoxy) is 4. The van der Waals surface area contributed by atoms with Crippen molar-refractivity contribution in [1.82, 2.24) is 4.90 Å². The van der Waals surface area contributed by atoms with Gasteiger partial charge in [0.1, 0.15) is 23.5 Å². The number of rotatable bonds is 13. The summed E-state index contributed by atoms with van der Waals surface area (Å²) in [7, 11) is 3.46. The lowest BCUT2D eigenvalue weighted by Gasteiger charge is -2.14. The number of hydrogen-bond acceptors (Lipinski definition) is 9. The third kappa shape index (κ3) is 10.4. The standard InChI is InChI=1S/C17H20ClNO4.C14H15ClO4/c1-4-22-17(21)14(10-19(2)3)16(20)13-9-11(18)5-8-15(13)23-12-6-7-12;1-2-18-14(17)8-12(16)11-7-9(15)3-6-13(11)19-10-4-5-10/h5,8-10,12H,4,6-7H2,1-3H3;3,6-7,10H,2,4-5,8H2,1H3. The van der Waals surface area contributed by atoms with E-state index in [0.29, 0.717) is 27.1 Å². The summed E-state index contributed by atoms with van der Waals surface area (Å²) in [5, 5.41) is 0.847. The zero-order valence-electron chi connectivity index (χ0n) is 24.1. The number of hydrogen-bond donors (Lipinski definition) is 0. The molecule has 0 N–H and O–H groups in total. The van der Waals surface area contributed by atoms with Gasteiger partial charge in [-0.15, -0.1) is 0 Å². The Bertz CT molecular complexity index is 1330. The van der Waals surface area contributed by atoms with Gasteiger partial charge in [-0.1, -0.05) is 23.2 Å². The Labute approximate surface area is 255 Å². The van der Waals surface area contributed by atoms with Crippen LogP contribution in [-0.4, -0.2) is 67.9 Å². The molecule has 9 nitrogen and oxygen atoms in total. The summed E-state index contributed by atoms with van der Waals surface area (Å²) in [6, 6.07) is 9.70. The molecule has 0 bridgehead atoms. The van der Waals surface area contributed by atoms with E-state index in [2.05, 4.69) is 0 Å². The molecule has 0 heterocycles. The number of esters is 2. The smallest absolute Gasteiger partial charge is 0.343 e. The van der Waals surface area contributed by atoms with Crippen molar-refractivity contribution in [3.05, 3.63) is 69.3 Å². The summed E-state index contributed by atoms with van der Waals surface area (Å²) in [5.41, 5.74) is 0.553. The fourth-order valence-electron chi connectivity index (χ4n) is 3.59. The molecule has 4 rings (SSSR count). The minimum absolute atomic E-state index is 0.0558. The van der Waals surface area contributed by atoms with E-state index in [9.17, 15) is 19.2 Å². The largest absolute Gasteiger partial charge is 0.490 e. The predicted octanol–water partition coefficient (Wildman–Crippen LogP) is 6.09. The van der Waals surface area contributed by atoms with Crippen LogP contribution in [0.5, 0.6) is 11.5 Å². The lowest BCUT2D eigenvalue weighted by molar-refractivity contribution is -0.142. The molecule has 226 valence electrons. The minimum Gasteiger partial charge on any atom is -0.490 e. The van der Waals surface area contributed by atoms with Crippen LogP contribution < -0.4 is 9.47 Å². The molecule has 0 radical (unpaired) electrons. The van der Waals surface area contributed by atoms with E-state index >= 15 is 0 Å². The third-order valence-corrected chi connectivity index (χ3v) is 6.27. The van der Waals surface area contributed by atoms with Gasteiger partial charge in [0.15, 0.2) is 5.78 Å². The van der Waals surface area contributed by atoms with Crippen molar-refractivity contribution in [3.8, 4) is 11.5 Å². The van der Waals surface area contributed by atoms with Crippen LogP contribution in [0.25, 0.3) is 0 Å². The van der Waals surface area contributed by atoms with E-state index in [-0.39, 0.29) is 48.8 Å². The van der Waals surface area contributed by atoms with Crippen molar-refractivity contribution < 1.29 is 38.1 Å². The summed E-state index contributed by atoms with van der Waals surface area (Å²) in [6.07, 6.45) is 5.38. The number of carbonyl (C=O) groups excluding carboxylic acids is 4. The van der Waals surface area contributed by atoms with Gasteiger partial charge in [0.2, 0.25) is 5.78 Å². The first-order valence-corrected chi connectivity index (χ1v) is 14.5. The van der Waals surface area contributed by atoms with Gasteiger partial charge in [-0.25, -0.2) is 4.79 Å². The molecule has 2 fully saturated rings. The van der Waals surface area contributed by atoms with Crippen LogP contribution in [0.3, 0.4) is 0 Å². The molecule has 0 atom stereocenters. The number of benzene rings is 2. The zero-order chi connectivity index (χ0) is 30.8. The Balaban J connectivity index is 0.000000235. The van der Waals surface area contributed by atoms with E-state index in [4.69, 9.17) is 42.1 Å². The number of Topliss-reactive ketones (excluding diaryl/α,β-unsaturated/α-hetero) is 2. The first-order valence-electron chi connectivity index (χ1n) is 13.7. The predicted molar refractivity (Wildman–Crippen MR) is 159 cm³/mol. The lowest BCUT2D eigenvalue weighted by Crippen LogP contribution is -2.20. The molecule has 0 saturated heterocycles.